The molecule has 0 unspecified atom stereocenters. The van der Waals surface area contributed by atoms with Crippen molar-refractivity contribution in [2.75, 3.05) is 6.54 Å². The summed E-state index contributed by atoms with van der Waals surface area (Å²) >= 11 is 0. The van der Waals surface area contributed by atoms with Crippen molar-refractivity contribution < 1.29 is 19.1 Å². The number of carbonyl (C=O) groups is 2. The highest BCUT2D eigenvalue weighted by molar-refractivity contribution is 5.93. The van der Waals surface area contributed by atoms with E-state index in [9.17, 15) is 9.59 Å². The van der Waals surface area contributed by atoms with E-state index in [1.165, 1.54) is 18.2 Å². The summed E-state index contributed by atoms with van der Waals surface area (Å²) in [7, 11) is 0. The summed E-state index contributed by atoms with van der Waals surface area (Å²) in [6, 6.07) is 2.53. The zero-order valence-electron chi connectivity index (χ0n) is 7.32. The van der Waals surface area contributed by atoms with Gasteiger partial charge in [-0.3, -0.25) is 4.79 Å². The number of furan rings is 1. The van der Waals surface area contributed by atoms with Gasteiger partial charge in [-0.1, -0.05) is 6.08 Å². The molecule has 0 bridgehead atoms. The van der Waals surface area contributed by atoms with Crippen molar-refractivity contribution in [2.45, 2.75) is 0 Å². The summed E-state index contributed by atoms with van der Waals surface area (Å²) in [5, 5.41) is 11.0. The first-order chi connectivity index (χ1) is 6.65. The van der Waals surface area contributed by atoms with Crippen molar-refractivity contribution in [3.05, 3.63) is 36.3 Å². The first kappa shape index (κ1) is 10.0. The van der Waals surface area contributed by atoms with Crippen molar-refractivity contribution in [2.24, 2.45) is 0 Å². The van der Waals surface area contributed by atoms with Crippen molar-refractivity contribution in [3.8, 4) is 0 Å². The molecule has 0 aliphatic heterocycles. The lowest BCUT2D eigenvalue weighted by molar-refractivity contribution is 0.0659. The number of aromatic carboxylic acids is 1. The fourth-order valence-electron chi connectivity index (χ4n) is 0.827. The van der Waals surface area contributed by atoms with E-state index < -0.39 is 11.9 Å². The van der Waals surface area contributed by atoms with Crippen LogP contribution in [0.5, 0.6) is 0 Å². The molecule has 2 N–H and O–H groups in total. The predicted octanol–water partition coefficient (Wildman–Crippen LogP) is 0.894. The minimum atomic E-state index is -1.20. The molecule has 0 saturated heterocycles. The molecule has 0 aliphatic rings. The van der Waals surface area contributed by atoms with E-state index in [4.69, 9.17) is 9.52 Å². The predicted molar refractivity (Wildman–Crippen MR) is 48.2 cm³/mol. The first-order valence-electron chi connectivity index (χ1n) is 3.87. The number of carboxylic acid groups (broad SMARTS) is 1. The lowest BCUT2D eigenvalue weighted by Gasteiger charge is -1.96. The van der Waals surface area contributed by atoms with Gasteiger partial charge in [0, 0.05) is 6.54 Å². The molecule has 5 heteroatoms. The highest BCUT2D eigenvalue weighted by Gasteiger charge is 2.13. The van der Waals surface area contributed by atoms with E-state index in [1.54, 1.807) is 0 Å². The fourth-order valence-corrected chi connectivity index (χ4v) is 0.827. The smallest absolute Gasteiger partial charge is 0.371 e. The molecule has 1 rings (SSSR count). The van der Waals surface area contributed by atoms with E-state index in [0.717, 1.165) is 0 Å². The summed E-state index contributed by atoms with van der Waals surface area (Å²) in [6.45, 7) is 3.73. The van der Waals surface area contributed by atoms with Gasteiger partial charge in [-0.05, 0) is 12.1 Å². The van der Waals surface area contributed by atoms with Gasteiger partial charge in [0.1, 0.15) is 0 Å². The van der Waals surface area contributed by atoms with E-state index in [1.807, 2.05) is 0 Å². The van der Waals surface area contributed by atoms with Crippen molar-refractivity contribution >= 4 is 11.9 Å². The number of nitrogens with one attached hydrogen (secondary N) is 1. The van der Waals surface area contributed by atoms with Crippen LogP contribution in [-0.2, 0) is 0 Å². The Bertz CT molecular complexity index is 367. The lowest BCUT2D eigenvalue weighted by atomic mass is 10.4. The summed E-state index contributed by atoms with van der Waals surface area (Å²) in [6.07, 6.45) is 1.51. The molecule has 0 saturated carbocycles. The molecule has 5 nitrogen and oxygen atoms in total. The Hall–Kier alpha value is -2.04. The molecule has 0 spiro atoms. The van der Waals surface area contributed by atoms with Gasteiger partial charge in [0.05, 0.1) is 0 Å². The quantitative estimate of drug-likeness (QED) is 0.699. The van der Waals surface area contributed by atoms with Gasteiger partial charge in [0.2, 0.25) is 5.76 Å². The standard InChI is InChI=1S/C9H9NO4/c1-2-5-10-8(11)6-3-4-7(14-6)9(12)13/h2-4H,1,5H2,(H,10,11)(H,12,13). The molecule has 74 valence electrons. The SMILES string of the molecule is C=CCNC(=O)c1ccc(C(=O)O)o1. The third kappa shape index (κ3) is 2.22. The van der Waals surface area contributed by atoms with E-state index in [2.05, 4.69) is 11.9 Å². The van der Waals surface area contributed by atoms with Gasteiger partial charge >= 0.3 is 5.97 Å². The van der Waals surface area contributed by atoms with Crippen LogP contribution in [0.4, 0.5) is 0 Å². The maximum absolute atomic E-state index is 11.2. The lowest BCUT2D eigenvalue weighted by Crippen LogP contribution is -2.22. The summed E-state index contributed by atoms with van der Waals surface area (Å²) in [5.74, 6) is -1.94. The summed E-state index contributed by atoms with van der Waals surface area (Å²) < 4.78 is 4.76. The molecule has 1 amide bonds. The Morgan fingerprint density at radius 3 is 2.64 bits per heavy atom. The van der Waals surface area contributed by atoms with E-state index >= 15 is 0 Å². The zero-order chi connectivity index (χ0) is 10.6. The summed E-state index contributed by atoms with van der Waals surface area (Å²) in [4.78, 5) is 21.6. The number of amides is 1. The van der Waals surface area contributed by atoms with Crippen LogP contribution in [0.3, 0.4) is 0 Å². The maximum atomic E-state index is 11.2. The molecule has 0 atom stereocenters. The number of rotatable bonds is 4. The highest BCUT2D eigenvalue weighted by atomic mass is 16.4. The third-order valence-electron chi connectivity index (χ3n) is 1.45. The van der Waals surface area contributed by atoms with Gasteiger partial charge < -0.3 is 14.8 Å². The van der Waals surface area contributed by atoms with Crippen LogP contribution in [0.1, 0.15) is 21.1 Å². The fraction of sp³-hybridized carbons (Fsp3) is 0.111. The Morgan fingerprint density at radius 1 is 1.50 bits per heavy atom. The molecular formula is C9H9NO4. The third-order valence-corrected chi connectivity index (χ3v) is 1.45. The Kier molecular flexibility index (Phi) is 3.06. The minimum Gasteiger partial charge on any atom is -0.475 e. The number of hydrogen-bond acceptors (Lipinski definition) is 3. The normalized spacial score (nSPS) is 9.43. The average Bonchev–Trinajstić information content (AvgIpc) is 2.62. The second-order valence-corrected chi connectivity index (χ2v) is 2.47. The van der Waals surface area contributed by atoms with Gasteiger partial charge in [-0.25, -0.2) is 4.79 Å². The monoisotopic (exact) mass is 195 g/mol. The van der Waals surface area contributed by atoms with Gasteiger partial charge in [-0.2, -0.15) is 0 Å². The molecule has 14 heavy (non-hydrogen) atoms. The number of carbonyl (C=O) groups excluding carboxylic acids is 1. The Morgan fingerprint density at radius 2 is 2.14 bits per heavy atom. The number of carboxylic acids is 1. The molecular weight excluding hydrogens is 186 g/mol. The molecule has 0 radical (unpaired) electrons. The highest BCUT2D eigenvalue weighted by Crippen LogP contribution is 2.07. The van der Waals surface area contributed by atoms with Crippen molar-refractivity contribution in [1.29, 1.82) is 0 Å². The van der Waals surface area contributed by atoms with Crippen LogP contribution in [-0.4, -0.2) is 23.5 Å². The summed E-state index contributed by atoms with van der Waals surface area (Å²) in [5.41, 5.74) is 0. The second kappa shape index (κ2) is 4.27. The van der Waals surface area contributed by atoms with Gasteiger partial charge in [0.25, 0.3) is 5.91 Å². The van der Waals surface area contributed by atoms with E-state index in [-0.39, 0.29) is 11.5 Å². The molecule has 1 aromatic heterocycles. The minimum absolute atomic E-state index is 0.0238. The van der Waals surface area contributed by atoms with Crippen LogP contribution >= 0.6 is 0 Å². The van der Waals surface area contributed by atoms with Crippen molar-refractivity contribution in [1.82, 2.24) is 5.32 Å². The van der Waals surface area contributed by atoms with Crippen LogP contribution in [0.2, 0.25) is 0 Å². The Balaban J connectivity index is 2.71. The van der Waals surface area contributed by atoms with Crippen LogP contribution in [0, 0.1) is 0 Å². The topological polar surface area (TPSA) is 79.5 Å². The second-order valence-electron chi connectivity index (χ2n) is 2.47. The molecule has 1 aromatic rings. The zero-order valence-corrected chi connectivity index (χ0v) is 7.32. The first-order valence-corrected chi connectivity index (χ1v) is 3.87. The largest absolute Gasteiger partial charge is 0.475 e. The van der Waals surface area contributed by atoms with Crippen LogP contribution < -0.4 is 5.32 Å². The van der Waals surface area contributed by atoms with Crippen molar-refractivity contribution in [3.63, 3.8) is 0 Å². The molecule has 0 fully saturated rings. The van der Waals surface area contributed by atoms with Crippen LogP contribution in [0.25, 0.3) is 0 Å². The molecule has 1 heterocycles. The number of hydrogen-bond donors (Lipinski definition) is 2. The van der Waals surface area contributed by atoms with E-state index in [0.29, 0.717) is 6.54 Å². The molecule has 0 aliphatic carbocycles. The Labute approximate surface area is 80.0 Å². The van der Waals surface area contributed by atoms with Gasteiger partial charge in [0.15, 0.2) is 5.76 Å². The van der Waals surface area contributed by atoms with Gasteiger partial charge in [-0.15, -0.1) is 6.58 Å². The maximum Gasteiger partial charge on any atom is 0.371 e. The molecule has 0 aromatic carbocycles. The average molecular weight is 195 g/mol. The van der Waals surface area contributed by atoms with Crippen LogP contribution in [0.15, 0.2) is 29.2 Å².